The second-order valence-corrected chi connectivity index (χ2v) is 9.02. The van der Waals surface area contributed by atoms with Crippen LogP contribution in [-0.4, -0.2) is 65.7 Å². The number of rotatable bonds is 8. The first-order chi connectivity index (χ1) is 17.7. The van der Waals surface area contributed by atoms with Crippen LogP contribution in [0.5, 0.6) is 11.5 Å². The zero-order valence-corrected chi connectivity index (χ0v) is 20.9. The van der Waals surface area contributed by atoms with Gasteiger partial charge in [0, 0.05) is 56.8 Å². The monoisotopic (exact) mass is 484 g/mol. The van der Waals surface area contributed by atoms with Gasteiger partial charge in [-0.25, -0.2) is 4.98 Å². The molecule has 1 amide bonds. The SMILES string of the molecule is COc1ccc(OC)c(CN2CCN(C(=O)CCc3nc4ccccc4n3-c3ccccc3)CC2)c1. The Labute approximate surface area is 211 Å². The molecule has 1 fully saturated rings. The fourth-order valence-electron chi connectivity index (χ4n) is 4.89. The van der Waals surface area contributed by atoms with E-state index in [1.54, 1.807) is 14.2 Å². The largest absolute Gasteiger partial charge is 0.497 e. The minimum Gasteiger partial charge on any atom is -0.497 e. The van der Waals surface area contributed by atoms with Gasteiger partial charge in [-0.2, -0.15) is 0 Å². The number of aryl methyl sites for hydroxylation is 1. The molecule has 0 spiro atoms. The van der Waals surface area contributed by atoms with Crippen molar-refractivity contribution in [2.75, 3.05) is 40.4 Å². The molecule has 7 nitrogen and oxygen atoms in total. The average molecular weight is 485 g/mol. The minimum absolute atomic E-state index is 0.181. The van der Waals surface area contributed by atoms with E-state index in [4.69, 9.17) is 14.5 Å². The Morgan fingerprint density at radius 2 is 1.64 bits per heavy atom. The van der Waals surface area contributed by atoms with Crippen molar-refractivity contribution in [2.24, 2.45) is 0 Å². The quantitative estimate of drug-likeness (QED) is 0.373. The van der Waals surface area contributed by atoms with E-state index in [0.29, 0.717) is 12.8 Å². The number of carbonyl (C=O) groups excluding carboxylic acids is 1. The van der Waals surface area contributed by atoms with Crippen LogP contribution in [-0.2, 0) is 17.8 Å². The summed E-state index contributed by atoms with van der Waals surface area (Å²) < 4.78 is 13.1. The van der Waals surface area contributed by atoms with Crippen molar-refractivity contribution in [3.8, 4) is 17.2 Å². The lowest BCUT2D eigenvalue weighted by molar-refractivity contribution is -0.133. The number of para-hydroxylation sites is 3. The lowest BCUT2D eigenvalue weighted by Crippen LogP contribution is -2.48. The van der Waals surface area contributed by atoms with E-state index in [-0.39, 0.29) is 5.91 Å². The van der Waals surface area contributed by atoms with Crippen molar-refractivity contribution in [3.05, 3.63) is 84.2 Å². The van der Waals surface area contributed by atoms with Crippen LogP contribution in [0.2, 0.25) is 0 Å². The van der Waals surface area contributed by atoms with Crippen LogP contribution >= 0.6 is 0 Å². The summed E-state index contributed by atoms with van der Waals surface area (Å²) >= 11 is 0. The Bertz CT molecular complexity index is 1330. The normalized spacial score (nSPS) is 14.2. The fraction of sp³-hybridized carbons (Fsp3) is 0.310. The standard InChI is InChI=1S/C29H32N4O3/c1-35-24-12-13-27(36-2)22(20-24)21-31-16-18-32(19-17-31)29(34)15-14-28-30-25-10-6-7-11-26(25)33(28)23-8-4-3-5-9-23/h3-13,20H,14-19,21H2,1-2H3. The van der Waals surface area contributed by atoms with Gasteiger partial charge < -0.3 is 14.4 Å². The molecular formula is C29H32N4O3. The number of carbonyl (C=O) groups is 1. The molecule has 1 aliphatic rings. The third-order valence-corrected chi connectivity index (χ3v) is 6.81. The molecular weight excluding hydrogens is 452 g/mol. The fourth-order valence-corrected chi connectivity index (χ4v) is 4.89. The molecule has 0 unspecified atom stereocenters. The number of methoxy groups -OCH3 is 2. The predicted molar refractivity (Wildman–Crippen MR) is 141 cm³/mol. The van der Waals surface area contributed by atoms with Crippen molar-refractivity contribution in [2.45, 2.75) is 19.4 Å². The average Bonchev–Trinajstić information content (AvgIpc) is 3.31. The van der Waals surface area contributed by atoms with Gasteiger partial charge in [0.25, 0.3) is 0 Å². The molecule has 4 aromatic rings. The number of benzene rings is 3. The van der Waals surface area contributed by atoms with Crippen LogP contribution < -0.4 is 9.47 Å². The van der Waals surface area contributed by atoms with E-state index >= 15 is 0 Å². The first-order valence-corrected chi connectivity index (χ1v) is 12.4. The maximum Gasteiger partial charge on any atom is 0.223 e. The highest BCUT2D eigenvalue weighted by atomic mass is 16.5. The highest BCUT2D eigenvalue weighted by Crippen LogP contribution is 2.26. The van der Waals surface area contributed by atoms with Crippen LogP contribution in [0.15, 0.2) is 72.8 Å². The third kappa shape index (κ3) is 5.06. The number of piperazine rings is 1. The molecule has 0 saturated carbocycles. The van der Waals surface area contributed by atoms with E-state index in [0.717, 1.165) is 72.3 Å². The Kier molecular flexibility index (Phi) is 7.18. The molecule has 1 aliphatic heterocycles. The van der Waals surface area contributed by atoms with E-state index < -0.39 is 0 Å². The minimum atomic E-state index is 0.181. The maximum absolute atomic E-state index is 13.1. The smallest absolute Gasteiger partial charge is 0.223 e. The van der Waals surface area contributed by atoms with E-state index in [1.165, 1.54) is 0 Å². The van der Waals surface area contributed by atoms with Gasteiger partial charge in [-0.3, -0.25) is 14.3 Å². The van der Waals surface area contributed by atoms with Crippen LogP contribution in [0.3, 0.4) is 0 Å². The molecule has 36 heavy (non-hydrogen) atoms. The van der Waals surface area contributed by atoms with Gasteiger partial charge in [0.15, 0.2) is 0 Å². The number of nitrogens with zero attached hydrogens (tertiary/aromatic N) is 4. The maximum atomic E-state index is 13.1. The summed E-state index contributed by atoms with van der Waals surface area (Å²) in [5, 5.41) is 0. The zero-order valence-electron chi connectivity index (χ0n) is 20.9. The summed E-state index contributed by atoms with van der Waals surface area (Å²) in [5.41, 5.74) is 4.17. The summed E-state index contributed by atoms with van der Waals surface area (Å²) in [6.07, 6.45) is 1.05. The number of imidazole rings is 1. The highest BCUT2D eigenvalue weighted by Gasteiger charge is 2.23. The number of amides is 1. The van der Waals surface area contributed by atoms with Crippen LogP contribution in [0, 0.1) is 0 Å². The zero-order chi connectivity index (χ0) is 24.9. The predicted octanol–water partition coefficient (Wildman–Crippen LogP) is 4.32. The molecule has 1 saturated heterocycles. The van der Waals surface area contributed by atoms with Crippen molar-refractivity contribution in [1.29, 1.82) is 0 Å². The number of aromatic nitrogens is 2. The number of fused-ring (bicyclic) bond motifs is 1. The molecule has 0 radical (unpaired) electrons. The third-order valence-electron chi connectivity index (χ3n) is 6.81. The molecule has 0 N–H and O–H groups in total. The Morgan fingerprint density at radius 1 is 0.889 bits per heavy atom. The first kappa shape index (κ1) is 23.9. The summed E-state index contributed by atoms with van der Waals surface area (Å²) in [4.78, 5) is 22.3. The van der Waals surface area contributed by atoms with Crippen molar-refractivity contribution in [1.82, 2.24) is 19.4 Å². The topological polar surface area (TPSA) is 59.8 Å². The van der Waals surface area contributed by atoms with E-state index in [9.17, 15) is 4.79 Å². The molecule has 1 aromatic heterocycles. The Balaban J connectivity index is 1.21. The van der Waals surface area contributed by atoms with Crippen molar-refractivity contribution < 1.29 is 14.3 Å². The van der Waals surface area contributed by atoms with Gasteiger partial charge in [-0.05, 0) is 42.5 Å². The van der Waals surface area contributed by atoms with Gasteiger partial charge in [0.1, 0.15) is 17.3 Å². The van der Waals surface area contributed by atoms with Gasteiger partial charge >= 0.3 is 0 Å². The molecule has 0 aliphatic carbocycles. The lowest BCUT2D eigenvalue weighted by Gasteiger charge is -2.35. The molecule has 5 rings (SSSR count). The van der Waals surface area contributed by atoms with E-state index in [1.807, 2.05) is 59.5 Å². The number of hydrogen-bond acceptors (Lipinski definition) is 5. The Hall–Kier alpha value is -3.84. The lowest BCUT2D eigenvalue weighted by atomic mass is 10.1. The van der Waals surface area contributed by atoms with Gasteiger partial charge in [0.2, 0.25) is 5.91 Å². The highest BCUT2D eigenvalue weighted by molar-refractivity contribution is 5.79. The first-order valence-electron chi connectivity index (χ1n) is 12.4. The van der Waals surface area contributed by atoms with Gasteiger partial charge in [0.05, 0.1) is 25.3 Å². The summed E-state index contributed by atoms with van der Waals surface area (Å²) in [7, 11) is 3.36. The van der Waals surface area contributed by atoms with Crippen LogP contribution in [0.4, 0.5) is 0 Å². The molecule has 0 atom stereocenters. The summed E-state index contributed by atoms with van der Waals surface area (Å²) in [6.45, 7) is 3.87. The molecule has 3 aromatic carbocycles. The summed E-state index contributed by atoms with van der Waals surface area (Å²) in [5.74, 6) is 2.77. The molecule has 0 bridgehead atoms. The van der Waals surface area contributed by atoms with Crippen LogP contribution in [0.1, 0.15) is 17.8 Å². The van der Waals surface area contributed by atoms with Gasteiger partial charge in [-0.15, -0.1) is 0 Å². The van der Waals surface area contributed by atoms with Crippen LogP contribution in [0.25, 0.3) is 16.7 Å². The summed E-state index contributed by atoms with van der Waals surface area (Å²) in [6, 6.07) is 24.2. The molecule has 7 heteroatoms. The second kappa shape index (κ2) is 10.8. The second-order valence-electron chi connectivity index (χ2n) is 9.02. The van der Waals surface area contributed by atoms with E-state index in [2.05, 4.69) is 27.7 Å². The number of hydrogen-bond donors (Lipinski definition) is 0. The van der Waals surface area contributed by atoms with Crippen molar-refractivity contribution >= 4 is 16.9 Å². The number of ether oxygens (including phenoxy) is 2. The molecule has 2 heterocycles. The van der Waals surface area contributed by atoms with Gasteiger partial charge in [-0.1, -0.05) is 30.3 Å². The van der Waals surface area contributed by atoms with Crippen molar-refractivity contribution in [3.63, 3.8) is 0 Å². The Morgan fingerprint density at radius 3 is 2.39 bits per heavy atom. The molecule has 186 valence electrons.